The van der Waals surface area contributed by atoms with Crippen molar-refractivity contribution in [3.8, 4) is 5.75 Å². The van der Waals surface area contributed by atoms with Crippen LogP contribution in [0, 0.1) is 6.92 Å². The molecule has 0 aliphatic carbocycles. The van der Waals surface area contributed by atoms with Crippen LogP contribution < -0.4 is 10.1 Å². The lowest BCUT2D eigenvalue weighted by atomic mass is 10.0. The van der Waals surface area contributed by atoms with E-state index in [0.717, 1.165) is 37.8 Å². The Hall–Kier alpha value is -2.02. The molecule has 1 unspecified atom stereocenters. The van der Waals surface area contributed by atoms with Crippen molar-refractivity contribution in [2.24, 2.45) is 0 Å². The van der Waals surface area contributed by atoms with Gasteiger partial charge in [-0.15, -0.1) is 11.8 Å². The zero-order valence-electron chi connectivity index (χ0n) is 17.2. The van der Waals surface area contributed by atoms with Crippen LogP contribution >= 0.6 is 11.8 Å². The van der Waals surface area contributed by atoms with Gasteiger partial charge in [0.15, 0.2) is 0 Å². The molecule has 1 heterocycles. The Bertz CT molecular complexity index is 759. The molecule has 1 aliphatic heterocycles. The third kappa shape index (κ3) is 6.77. The second kappa shape index (κ2) is 11.2. The quantitative estimate of drug-likeness (QED) is 0.681. The van der Waals surface area contributed by atoms with Gasteiger partial charge in [0.2, 0.25) is 5.91 Å². The van der Waals surface area contributed by atoms with Crippen LogP contribution in [0.1, 0.15) is 22.7 Å². The average molecular weight is 415 g/mol. The first-order valence-corrected chi connectivity index (χ1v) is 11.2. The maximum atomic E-state index is 12.4. The van der Waals surface area contributed by atoms with E-state index in [1.165, 1.54) is 16.7 Å². The molecule has 1 saturated heterocycles. The third-order valence-corrected chi connectivity index (χ3v) is 6.11. The first-order valence-electron chi connectivity index (χ1n) is 10.0. The van der Waals surface area contributed by atoms with Crippen LogP contribution in [0.5, 0.6) is 5.75 Å². The summed E-state index contributed by atoms with van der Waals surface area (Å²) >= 11 is 1.65. The minimum absolute atomic E-state index is 0.0777. The first-order chi connectivity index (χ1) is 14.2. The van der Waals surface area contributed by atoms with Gasteiger partial charge >= 0.3 is 0 Å². The van der Waals surface area contributed by atoms with Crippen LogP contribution in [0.15, 0.2) is 48.5 Å². The van der Waals surface area contributed by atoms with Gasteiger partial charge in [-0.05, 0) is 30.2 Å². The molecule has 6 heteroatoms. The zero-order valence-corrected chi connectivity index (χ0v) is 18.0. The van der Waals surface area contributed by atoms with Crippen molar-refractivity contribution in [3.63, 3.8) is 0 Å². The number of ether oxygens (including phenoxy) is 2. The fraction of sp³-hybridized carbons (Fsp3) is 0.435. The number of aryl methyl sites for hydroxylation is 1. The predicted molar refractivity (Wildman–Crippen MR) is 118 cm³/mol. The summed E-state index contributed by atoms with van der Waals surface area (Å²) < 4.78 is 10.8. The van der Waals surface area contributed by atoms with E-state index < -0.39 is 0 Å². The highest BCUT2D eigenvalue weighted by Gasteiger charge is 2.23. The van der Waals surface area contributed by atoms with E-state index >= 15 is 0 Å². The molecule has 1 fully saturated rings. The van der Waals surface area contributed by atoms with Gasteiger partial charge in [0.25, 0.3) is 0 Å². The number of morpholine rings is 1. The summed E-state index contributed by atoms with van der Waals surface area (Å²) in [7, 11) is 1.67. The van der Waals surface area contributed by atoms with Gasteiger partial charge in [0, 0.05) is 25.4 Å². The lowest BCUT2D eigenvalue weighted by Crippen LogP contribution is -2.44. The van der Waals surface area contributed by atoms with Crippen molar-refractivity contribution in [3.05, 3.63) is 65.2 Å². The molecule has 1 atom stereocenters. The Morgan fingerprint density at radius 1 is 1.14 bits per heavy atom. The van der Waals surface area contributed by atoms with Crippen LogP contribution in [-0.4, -0.2) is 56.5 Å². The molecular weight excluding hydrogens is 384 g/mol. The average Bonchev–Trinajstić information content (AvgIpc) is 2.76. The van der Waals surface area contributed by atoms with E-state index in [4.69, 9.17) is 9.47 Å². The van der Waals surface area contributed by atoms with Gasteiger partial charge in [0.05, 0.1) is 32.1 Å². The largest absolute Gasteiger partial charge is 0.497 e. The van der Waals surface area contributed by atoms with Crippen LogP contribution in [-0.2, 0) is 15.3 Å². The molecule has 0 spiro atoms. The predicted octanol–water partition coefficient (Wildman–Crippen LogP) is 3.43. The van der Waals surface area contributed by atoms with E-state index in [2.05, 4.69) is 53.5 Å². The topological polar surface area (TPSA) is 50.8 Å². The van der Waals surface area contributed by atoms with E-state index in [1.54, 1.807) is 18.9 Å². The van der Waals surface area contributed by atoms with Gasteiger partial charge in [-0.2, -0.15) is 0 Å². The lowest BCUT2D eigenvalue weighted by molar-refractivity contribution is -0.118. The van der Waals surface area contributed by atoms with E-state index in [0.29, 0.717) is 12.3 Å². The number of methoxy groups -OCH3 is 1. The molecule has 0 bridgehead atoms. The fourth-order valence-electron chi connectivity index (χ4n) is 3.38. The van der Waals surface area contributed by atoms with Crippen molar-refractivity contribution < 1.29 is 14.3 Å². The molecule has 5 nitrogen and oxygen atoms in total. The Morgan fingerprint density at radius 2 is 1.83 bits per heavy atom. The SMILES string of the molecule is COc1ccc(C(CNC(=O)CSCc2ccc(C)cc2)N2CCOCC2)cc1. The van der Waals surface area contributed by atoms with Gasteiger partial charge < -0.3 is 14.8 Å². The highest BCUT2D eigenvalue weighted by atomic mass is 32.2. The summed E-state index contributed by atoms with van der Waals surface area (Å²) in [6.45, 7) is 5.87. The molecular formula is C23H30N2O3S. The number of benzene rings is 2. The van der Waals surface area contributed by atoms with Crippen LogP contribution in [0.2, 0.25) is 0 Å². The number of hydrogen-bond donors (Lipinski definition) is 1. The number of rotatable bonds is 9. The summed E-state index contributed by atoms with van der Waals surface area (Å²) in [5, 5.41) is 3.13. The zero-order chi connectivity index (χ0) is 20.5. The van der Waals surface area contributed by atoms with Gasteiger partial charge in [-0.1, -0.05) is 42.0 Å². The molecule has 1 aliphatic rings. The first kappa shape index (κ1) is 21.7. The number of thioether (sulfide) groups is 1. The van der Waals surface area contributed by atoms with Gasteiger partial charge in [-0.25, -0.2) is 0 Å². The number of hydrogen-bond acceptors (Lipinski definition) is 5. The van der Waals surface area contributed by atoms with Crippen molar-refractivity contribution in [2.75, 3.05) is 45.7 Å². The number of carbonyl (C=O) groups is 1. The summed E-state index contributed by atoms with van der Waals surface area (Å²) in [5.74, 6) is 2.23. The van der Waals surface area contributed by atoms with E-state index in [-0.39, 0.29) is 11.9 Å². The van der Waals surface area contributed by atoms with Crippen LogP contribution in [0.25, 0.3) is 0 Å². The highest BCUT2D eigenvalue weighted by molar-refractivity contribution is 7.99. The Balaban J connectivity index is 1.52. The van der Waals surface area contributed by atoms with E-state index in [9.17, 15) is 4.79 Å². The minimum atomic E-state index is 0.0777. The fourth-order valence-corrected chi connectivity index (χ4v) is 4.20. The summed E-state index contributed by atoms with van der Waals surface area (Å²) in [4.78, 5) is 14.8. The van der Waals surface area contributed by atoms with Crippen LogP contribution in [0.3, 0.4) is 0 Å². The summed E-state index contributed by atoms with van der Waals surface area (Å²) in [6.07, 6.45) is 0. The molecule has 156 valence electrons. The molecule has 2 aromatic carbocycles. The van der Waals surface area contributed by atoms with Crippen molar-refractivity contribution in [2.45, 2.75) is 18.7 Å². The smallest absolute Gasteiger partial charge is 0.230 e. The van der Waals surface area contributed by atoms with Gasteiger partial charge in [-0.3, -0.25) is 9.69 Å². The molecule has 1 amide bonds. The number of nitrogens with zero attached hydrogens (tertiary/aromatic N) is 1. The maximum absolute atomic E-state index is 12.4. The van der Waals surface area contributed by atoms with Crippen LogP contribution in [0.4, 0.5) is 0 Å². The number of carbonyl (C=O) groups excluding carboxylic acids is 1. The Labute approximate surface area is 177 Å². The van der Waals surface area contributed by atoms with Crippen molar-refractivity contribution in [1.29, 1.82) is 0 Å². The number of nitrogens with one attached hydrogen (secondary N) is 1. The molecule has 29 heavy (non-hydrogen) atoms. The molecule has 0 aromatic heterocycles. The minimum Gasteiger partial charge on any atom is -0.497 e. The second-order valence-electron chi connectivity index (χ2n) is 7.22. The monoisotopic (exact) mass is 414 g/mol. The summed E-state index contributed by atoms with van der Waals surface area (Å²) in [6, 6.07) is 16.7. The number of amides is 1. The lowest BCUT2D eigenvalue weighted by Gasteiger charge is -2.35. The van der Waals surface area contributed by atoms with Crippen molar-refractivity contribution in [1.82, 2.24) is 10.2 Å². The molecule has 3 rings (SSSR count). The summed E-state index contributed by atoms with van der Waals surface area (Å²) in [5.41, 5.74) is 3.68. The van der Waals surface area contributed by atoms with Gasteiger partial charge in [0.1, 0.15) is 5.75 Å². The molecule has 2 aromatic rings. The molecule has 0 saturated carbocycles. The Kier molecular flexibility index (Phi) is 8.40. The standard InChI is InChI=1S/C23H30N2O3S/c1-18-3-5-19(6-4-18)16-29-17-23(26)24-15-22(25-11-13-28-14-12-25)20-7-9-21(27-2)10-8-20/h3-10,22H,11-17H2,1-2H3,(H,24,26). The van der Waals surface area contributed by atoms with E-state index in [1.807, 2.05) is 12.1 Å². The second-order valence-corrected chi connectivity index (χ2v) is 8.21. The maximum Gasteiger partial charge on any atom is 0.230 e. The Morgan fingerprint density at radius 3 is 2.48 bits per heavy atom. The normalized spacial score (nSPS) is 15.7. The molecule has 1 N–H and O–H groups in total. The van der Waals surface area contributed by atoms with Crippen molar-refractivity contribution >= 4 is 17.7 Å². The third-order valence-electron chi connectivity index (χ3n) is 5.10. The highest BCUT2D eigenvalue weighted by Crippen LogP contribution is 2.24. The molecule has 0 radical (unpaired) electrons.